The van der Waals surface area contributed by atoms with Gasteiger partial charge in [0.1, 0.15) is 0 Å². The summed E-state index contributed by atoms with van der Waals surface area (Å²) >= 11 is 3.71. The molecule has 0 saturated carbocycles. The van der Waals surface area contributed by atoms with Crippen LogP contribution in [0.2, 0.25) is 0 Å². The zero-order valence-corrected chi connectivity index (χ0v) is 14.2. The fourth-order valence-electron chi connectivity index (χ4n) is 3.74. The Hall–Kier alpha value is -2.36. The summed E-state index contributed by atoms with van der Waals surface area (Å²) in [7, 11) is 0. The molecular formula is C21H11NS2. The number of benzene rings is 3. The Morgan fingerprint density at radius 3 is 2.54 bits per heavy atom. The normalized spacial score (nSPS) is 12.8. The molecule has 6 rings (SSSR count). The minimum absolute atomic E-state index is 1.26. The van der Waals surface area contributed by atoms with Crippen LogP contribution in [-0.2, 0) is 0 Å². The van der Waals surface area contributed by atoms with Crippen LogP contribution >= 0.6 is 23.1 Å². The highest BCUT2D eigenvalue weighted by Crippen LogP contribution is 2.51. The summed E-state index contributed by atoms with van der Waals surface area (Å²) in [5.41, 5.74) is 2.68. The van der Waals surface area contributed by atoms with E-state index in [-0.39, 0.29) is 0 Å². The van der Waals surface area contributed by atoms with Crippen LogP contribution in [0.4, 0.5) is 0 Å². The van der Waals surface area contributed by atoms with E-state index in [9.17, 15) is 0 Å². The van der Waals surface area contributed by atoms with Gasteiger partial charge in [0.25, 0.3) is 0 Å². The van der Waals surface area contributed by atoms with E-state index in [1.165, 1.54) is 51.9 Å². The smallest absolute Gasteiger partial charge is 0.0414 e. The van der Waals surface area contributed by atoms with Crippen molar-refractivity contribution in [2.24, 2.45) is 0 Å². The molecule has 1 aliphatic heterocycles. The third-order valence-corrected chi connectivity index (χ3v) is 6.97. The third kappa shape index (κ3) is 1.58. The van der Waals surface area contributed by atoms with Crippen LogP contribution < -0.4 is 0 Å². The quantitative estimate of drug-likeness (QED) is 0.304. The number of hydrogen-bond donors (Lipinski definition) is 0. The Kier molecular flexibility index (Phi) is 2.49. The molecule has 0 N–H and O–H groups in total. The van der Waals surface area contributed by atoms with Gasteiger partial charge < -0.3 is 0 Å². The number of fused-ring (bicyclic) bond motifs is 6. The molecule has 5 aromatic rings. The number of nitrogens with zero attached hydrogens (tertiary/aromatic N) is 1. The standard InChI is InChI=1S/C21H11NS2/c1-3-7-16-12(5-1)14-9-18-20(13-6-2-4-8-17(13)23-18)15-10-22-11-19(24-16)21(14)15/h1-11H. The van der Waals surface area contributed by atoms with Gasteiger partial charge in [-0.1, -0.05) is 48.2 Å². The SMILES string of the molecule is c1ccc2c(c1)Sc1cncc3c1c-2cc1sc2ccccc2c13. The fourth-order valence-corrected chi connectivity index (χ4v) is 6.01. The second kappa shape index (κ2) is 4.59. The molecule has 0 bridgehead atoms. The monoisotopic (exact) mass is 341 g/mol. The topological polar surface area (TPSA) is 12.9 Å². The van der Waals surface area contributed by atoms with Crippen molar-refractivity contribution in [2.45, 2.75) is 9.79 Å². The number of hydrogen-bond acceptors (Lipinski definition) is 3. The van der Waals surface area contributed by atoms with Crippen LogP contribution in [0.5, 0.6) is 0 Å². The van der Waals surface area contributed by atoms with Crippen molar-refractivity contribution in [3.63, 3.8) is 0 Å². The number of thiophene rings is 1. The summed E-state index contributed by atoms with van der Waals surface area (Å²) < 4.78 is 2.69. The van der Waals surface area contributed by atoms with E-state index in [2.05, 4.69) is 59.6 Å². The summed E-state index contributed by atoms with van der Waals surface area (Å²) in [5.74, 6) is 0. The maximum Gasteiger partial charge on any atom is 0.0414 e. The molecule has 3 heteroatoms. The Balaban J connectivity index is 1.91. The Bertz CT molecular complexity index is 1280. The lowest BCUT2D eigenvalue weighted by Gasteiger charge is -2.20. The molecule has 3 heterocycles. The first-order chi connectivity index (χ1) is 11.9. The zero-order chi connectivity index (χ0) is 15.7. The fraction of sp³-hybridized carbons (Fsp3) is 0. The molecule has 0 spiro atoms. The third-order valence-electron chi connectivity index (χ3n) is 4.75. The van der Waals surface area contributed by atoms with Gasteiger partial charge in [-0.25, -0.2) is 0 Å². The summed E-state index contributed by atoms with van der Waals surface area (Å²) in [6, 6.07) is 19.8. The van der Waals surface area contributed by atoms with E-state index in [4.69, 9.17) is 0 Å². The van der Waals surface area contributed by atoms with Gasteiger partial charge >= 0.3 is 0 Å². The lowest BCUT2D eigenvalue weighted by Crippen LogP contribution is -1.93. The Morgan fingerprint density at radius 2 is 1.54 bits per heavy atom. The molecule has 0 saturated heterocycles. The first-order valence-electron chi connectivity index (χ1n) is 7.89. The van der Waals surface area contributed by atoms with Crippen LogP contribution in [0.1, 0.15) is 0 Å². The lowest BCUT2D eigenvalue weighted by atomic mass is 9.96. The molecule has 1 nitrogen and oxygen atoms in total. The van der Waals surface area contributed by atoms with E-state index in [0.29, 0.717) is 0 Å². The van der Waals surface area contributed by atoms with Crippen molar-refractivity contribution in [1.29, 1.82) is 0 Å². The highest BCUT2D eigenvalue weighted by molar-refractivity contribution is 7.99. The van der Waals surface area contributed by atoms with Crippen LogP contribution in [-0.4, -0.2) is 4.98 Å². The Labute approximate surface area is 147 Å². The minimum atomic E-state index is 1.26. The summed E-state index contributed by atoms with van der Waals surface area (Å²) in [6.45, 7) is 0. The van der Waals surface area contributed by atoms with Crippen molar-refractivity contribution in [1.82, 2.24) is 4.98 Å². The molecule has 0 unspecified atom stereocenters. The van der Waals surface area contributed by atoms with E-state index >= 15 is 0 Å². The van der Waals surface area contributed by atoms with E-state index in [0.717, 1.165) is 0 Å². The first-order valence-corrected chi connectivity index (χ1v) is 9.53. The lowest BCUT2D eigenvalue weighted by molar-refractivity contribution is 1.27. The molecule has 0 radical (unpaired) electrons. The average molecular weight is 341 g/mol. The largest absolute Gasteiger partial charge is 0.263 e. The maximum absolute atomic E-state index is 4.55. The maximum atomic E-state index is 4.55. The molecule has 24 heavy (non-hydrogen) atoms. The van der Waals surface area contributed by atoms with Gasteiger partial charge in [0.15, 0.2) is 0 Å². The molecule has 3 aromatic carbocycles. The van der Waals surface area contributed by atoms with Gasteiger partial charge in [-0.2, -0.15) is 0 Å². The van der Waals surface area contributed by atoms with E-state index in [1.807, 2.05) is 35.5 Å². The van der Waals surface area contributed by atoms with Gasteiger partial charge in [-0.15, -0.1) is 11.3 Å². The molecule has 0 atom stereocenters. The van der Waals surface area contributed by atoms with Crippen LogP contribution in [0, 0.1) is 0 Å². The van der Waals surface area contributed by atoms with Gasteiger partial charge in [-0.3, -0.25) is 4.98 Å². The zero-order valence-electron chi connectivity index (χ0n) is 12.6. The second-order valence-corrected chi connectivity index (χ2v) is 8.22. The van der Waals surface area contributed by atoms with Crippen LogP contribution in [0.3, 0.4) is 0 Å². The second-order valence-electron chi connectivity index (χ2n) is 6.05. The number of rotatable bonds is 0. The number of aromatic nitrogens is 1. The average Bonchev–Trinajstić information content (AvgIpc) is 3.00. The molecule has 1 aliphatic rings. The van der Waals surface area contributed by atoms with Gasteiger partial charge in [0.05, 0.1) is 0 Å². The van der Waals surface area contributed by atoms with Crippen molar-refractivity contribution in [3.05, 3.63) is 67.0 Å². The summed E-state index contributed by atoms with van der Waals surface area (Å²) in [4.78, 5) is 7.13. The Morgan fingerprint density at radius 1 is 0.667 bits per heavy atom. The van der Waals surface area contributed by atoms with Crippen molar-refractivity contribution in [3.8, 4) is 11.1 Å². The van der Waals surface area contributed by atoms with Crippen LogP contribution in [0.25, 0.3) is 42.1 Å². The van der Waals surface area contributed by atoms with Gasteiger partial charge in [-0.05, 0) is 29.3 Å². The van der Waals surface area contributed by atoms with E-state index in [1.54, 1.807) is 0 Å². The van der Waals surface area contributed by atoms with Gasteiger partial charge in [0.2, 0.25) is 0 Å². The van der Waals surface area contributed by atoms with E-state index < -0.39 is 0 Å². The highest BCUT2D eigenvalue weighted by Gasteiger charge is 2.22. The summed E-state index contributed by atoms with van der Waals surface area (Å²) in [5, 5.41) is 5.32. The molecule has 0 fully saturated rings. The van der Waals surface area contributed by atoms with Gasteiger partial charge in [0, 0.05) is 53.1 Å². The van der Waals surface area contributed by atoms with Crippen LogP contribution in [0.15, 0.2) is 76.8 Å². The molecular weight excluding hydrogens is 330 g/mol. The van der Waals surface area contributed by atoms with Crippen molar-refractivity contribution in [2.75, 3.05) is 0 Å². The molecule has 0 aliphatic carbocycles. The predicted molar refractivity (Wildman–Crippen MR) is 104 cm³/mol. The predicted octanol–water partition coefficient (Wildman–Crippen LogP) is 6.73. The molecule has 2 aromatic heterocycles. The molecule has 0 amide bonds. The first kappa shape index (κ1) is 13.0. The van der Waals surface area contributed by atoms with Crippen molar-refractivity contribution < 1.29 is 0 Å². The van der Waals surface area contributed by atoms with Crippen molar-refractivity contribution >= 4 is 54.0 Å². The minimum Gasteiger partial charge on any atom is -0.263 e. The number of pyridine rings is 1. The highest BCUT2D eigenvalue weighted by atomic mass is 32.2. The molecule has 112 valence electrons. The summed E-state index contributed by atoms with van der Waals surface area (Å²) in [6.07, 6.45) is 4.05.